The fourth-order valence-corrected chi connectivity index (χ4v) is 9.50. The Kier molecular flexibility index (Phi) is 9.09. The van der Waals surface area contributed by atoms with Gasteiger partial charge in [0.25, 0.3) is 0 Å². The molecule has 2 heteroatoms. The molecule has 11 aromatic rings. The minimum absolute atomic E-state index is 0.0637. The van der Waals surface area contributed by atoms with Crippen LogP contribution < -0.4 is 4.90 Å². The van der Waals surface area contributed by atoms with Gasteiger partial charge in [0, 0.05) is 33.5 Å². The van der Waals surface area contributed by atoms with Crippen LogP contribution in [-0.2, 0) is 5.41 Å². The lowest BCUT2D eigenvalue weighted by atomic mass is 9.86. The molecule has 0 amide bonds. The quantitative estimate of drug-likeness (QED) is 0.146. The fraction of sp³-hybridized carbons (Fsp3) is 0.0667. The lowest BCUT2D eigenvalue weighted by Gasteiger charge is -2.26. The smallest absolute Gasteiger partial charge is 0.0541 e. The summed E-state index contributed by atoms with van der Waals surface area (Å²) >= 11 is 0. The average molecular weight is 795 g/mol. The number of hydrogen-bond donors (Lipinski definition) is 0. The molecule has 0 aliphatic heterocycles. The van der Waals surface area contributed by atoms with Crippen molar-refractivity contribution in [1.29, 1.82) is 0 Å². The molecular formula is C60H46N2. The van der Waals surface area contributed by atoms with Gasteiger partial charge >= 0.3 is 0 Å². The highest BCUT2D eigenvalue weighted by atomic mass is 15.1. The van der Waals surface area contributed by atoms with Crippen LogP contribution >= 0.6 is 0 Å². The summed E-state index contributed by atoms with van der Waals surface area (Å²) in [6, 6.07) is 82.1. The Hall–Kier alpha value is -7.68. The normalized spacial score (nSPS) is 11.8. The summed E-state index contributed by atoms with van der Waals surface area (Å²) in [7, 11) is 0. The van der Waals surface area contributed by atoms with Gasteiger partial charge in [0.15, 0.2) is 0 Å². The Morgan fingerprint density at radius 3 is 1.35 bits per heavy atom. The minimum atomic E-state index is 0.0637. The molecule has 296 valence electrons. The lowest BCUT2D eigenvalue weighted by molar-refractivity contribution is 0.590. The number of para-hydroxylation sites is 2. The van der Waals surface area contributed by atoms with E-state index in [0.717, 1.165) is 17.1 Å². The molecule has 0 spiro atoms. The highest BCUT2D eigenvalue weighted by Gasteiger charge is 2.20. The Morgan fingerprint density at radius 1 is 0.323 bits per heavy atom. The van der Waals surface area contributed by atoms with Gasteiger partial charge in [-0.15, -0.1) is 0 Å². The molecule has 1 aromatic heterocycles. The van der Waals surface area contributed by atoms with Gasteiger partial charge in [-0.1, -0.05) is 178 Å². The Bertz CT molecular complexity index is 3350. The van der Waals surface area contributed by atoms with E-state index in [2.05, 4.69) is 255 Å². The zero-order valence-corrected chi connectivity index (χ0v) is 35.3. The molecule has 0 aliphatic carbocycles. The number of aromatic nitrogens is 1. The van der Waals surface area contributed by atoms with Gasteiger partial charge in [-0.05, 0) is 133 Å². The van der Waals surface area contributed by atoms with Gasteiger partial charge in [0.2, 0.25) is 0 Å². The molecule has 62 heavy (non-hydrogen) atoms. The van der Waals surface area contributed by atoms with E-state index in [1.165, 1.54) is 88.0 Å². The Labute approximate surface area is 363 Å². The molecule has 0 bridgehead atoms. The van der Waals surface area contributed by atoms with Crippen LogP contribution in [0.4, 0.5) is 17.1 Å². The summed E-state index contributed by atoms with van der Waals surface area (Å²) in [5.74, 6) is 0. The first-order valence-electron chi connectivity index (χ1n) is 21.6. The SMILES string of the molecule is CC(C)(C)c1cccc(-n2c3ccccc3c3cc(-c4ccc(N(c5ccccc5)c5ccc(-c6c7ccccc7c(-c7ccccc7)c7ccccc67)cc5)cc4)ccc32)c1. The first-order valence-corrected chi connectivity index (χ1v) is 21.6. The van der Waals surface area contributed by atoms with E-state index in [4.69, 9.17) is 0 Å². The van der Waals surface area contributed by atoms with Crippen LogP contribution in [0.5, 0.6) is 0 Å². The molecule has 0 saturated carbocycles. The molecule has 0 N–H and O–H groups in total. The van der Waals surface area contributed by atoms with E-state index in [1.54, 1.807) is 0 Å². The molecular weight excluding hydrogens is 749 g/mol. The second-order valence-electron chi connectivity index (χ2n) is 17.4. The summed E-state index contributed by atoms with van der Waals surface area (Å²) in [5, 5.41) is 7.55. The van der Waals surface area contributed by atoms with E-state index >= 15 is 0 Å². The minimum Gasteiger partial charge on any atom is -0.311 e. The van der Waals surface area contributed by atoms with Crippen molar-refractivity contribution in [1.82, 2.24) is 4.57 Å². The lowest BCUT2D eigenvalue weighted by Crippen LogP contribution is -2.11. The zero-order chi connectivity index (χ0) is 41.8. The van der Waals surface area contributed by atoms with Gasteiger partial charge in [-0.25, -0.2) is 0 Å². The zero-order valence-electron chi connectivity index (χ0n) is 35.3. The van der Waals surface area contributed by atoms with Crippen molar-refractivity contribution < 1.29 is 0 Å². The predicted molar refractivity (Wildman–Crippen MR) is 265 cm³/mol. The van der Waals surface area contributed by atoms with Crippen LogP contribution in [-0.4, -0.2) is 4.57 Å². The highest BCUT2D eigenvalue weighted by Crippen LogP contribution is 2.45. The summed E-state index contributed by atoms with van der Waals surface area (Å²) < 4.78 is 2.42. The van der Waals surface area contributed by atoms with Gasteiger partial charge in [-0.3, -0.25) is 0 Å². The summed E-state index contributed by atoms with van der Waals surface area (Å²) in [6.07, 6.45) is 0. The predicted octanol–water partition coefficient (Wildman–Crippen LogP) is 16.9. The second kappa shape index (κ2) is 15.1. The van der Waals surface area contributed by atoms with Crippen molar-refractivity contribution in [3.05, 3.63) is 230 Å². The number of fused-ring (bicyclic) bond motifs is 5. The molecule has 0 radical (unpaired) electrons. The van der Waals surface area contributed by atoms with E-state index in [9.17, 15) is 0 Å². The molecule has 1 heterocycles. The summed E-state index contributed by atoms with van der Waals surface area (Å²) in [6.45, 7) is 6.83. The van der Waals surface area contributed by atoms with Gasteiger partial charge in [0.1, 0.15) is 0 Å². The first kappa shape index (κ1) is 37.3. The fourth-order valence-electron chi connectivity index (χ4n) is 9.50. The average Bonchev–Trinajstić information content (AvgIpc) is 3.65. The third-order valence-electron chi connectivity index (χ3n) is 12.5. The van der Waals surface area contributed by atoms with Crippen molar-refractivity contribution >= 4 is 60.4 Å². The topological polar surface area (TPSA) is 8.17 Å². The molecule has 11 rings (SSSR count). The highest BCUT2D eigenvalue weighted by molar-refractivity contribution is 6.21. The van der Waals surface area contributed by atoms with Gasteiger partial charge in [0.05, 0.1) is 11.0 Å². The van der Waals surface area contributed by atoms with Crippen molar-refractivity contribution in [3.63, 3.8) is 0 Å². The maximum atomic E-state index is 2.42. The number of benzene rings is 10. The van der Waals surface area contributed by atoms with E-state index in [0.29, 0.717) is 0 Å². The van der Waals surface area contributed by atoms with E-state index < -0.39 is 0 Å². The number of nitrogens with zero attached hydrogens (tertiary/aromatic N) is 2. The largest absolute Gasteiger partial charge is 0.311 e. The van der Waals surface area contributed by atoms with Crippen LogP contribution in [0.3, 0.4) is 0 Å². The third-order valence-corrected chi connectivity index (χ3v) is 12.5. The number of rotatable bonds is 7. The summed E-state index contributed by atoms with van der Waals surface area (Å²) in [4.78, 5) is 2.35. The van der Waals surface area contributed by atoms with Gasteiger partial charge in [-0.2, -0.15) is 0 Å². The van der Waals surface area contributed by atoms with Crippen molar-refractivity contribution in [2.24, 2.45) is 0 Å². The molecule has 0 aliphatic rings. The van der Waals surface area contributed by atoms with Crippen LogP contribution in [0.25, 0.3) is 82.4 Å². The molecule has 0 fully saturated rings. The van der Waals surface area contributed by atoms with E-state index in [-0.39, 0.29) is 5.41 Å². The van der Waals surface area contributed by atoms with Crippen LogP contribution in [0.15, 0.2) is 224 Å². The Morgan fingerprint density at radius 2 is 0.774 bits per heavy atom. The first-order chi connectivity index (χ1) is 30.4. The number of anilines is 3. The van der Waals surface area contributed by atoms with Crippen LogP contribution in [0.2, 0.25) is 0 Å². The maximum Gasteiger partial charge on any atom is 0.0541 e. The second-order valence-corrected chi connectivity index (χ2v) is 17.4. The molecule has 0 unspecified atom stereocenters. The monoisotopic (exact) mass is 794 g/mol. The van der Waals surface area contributed by atoms with Crippen LogP contribution in [0, 0.1) is 0 Å². The molecule has 10 aromatic carbocycles. The van der Waals surface area contributed by atoms with Gasteiger partial charge < -0.3 is 9.47 Å². The Balaban J connectivity index is 0.977. The summed E-state index contributed by atoms with van der Waals surface area (Å²) in [5.41, 5.74) is 15.7. The van der Waals surface area contributed by atoms with Crippen molar-refractivity contribution in [2.45, 2.75) is 26.2 Å². The molecule has 0 saturated heterocycles. The van der Waals surface area contributed by atoms with Crippen molar-refractivity contribution in [3.8, 4) is 39.1 Å². The van der Waals surface area contributed by atoms with Crippen molar-refractivity contribution in [2.75, 3.05) is 4.90 Å². The van der Waals surface area contributed by atoms with E-state index in [1.807, 2.05) is 0 Å². The molecule has 2 nitrogen and oxygen atoms in total. The third kappa shape index (κ3) is 6.44. The molecule has 0 atom stereocenters. The number of hydrogen-bond acceptors (Lipinski definition) is 1. The maximum absolute atomic E-state index is 2.42. The van der Waals surface area contributed by atoms with Crippen LogP contribution in [0.1, 0.15) is 26.3 Å². The standard InChI is InChI=1S/C60H46N2/c1-60(2,3)45-19-16-22-49(40-45)62-56-28-15-14-23-50(56)55-39-44(33-38-57(55)62)41-29-34-47(35-30-41)61(46-20-8-5-9-21-46)48-36-31-43(32-37-48)59-53-26-12-10-24-51(53)58(42-17-6-4-7-18-42)52-25-11-13-27-54(52)59/h4-40H,1-3H3.